The van der Waals surface area contributed by atoms with Crippen LogP contribution in [0.2, 0.25) is 0 Å². The lowest BCUT2D eigenvalue weighted by Gasteiger charge is -2.23. The summed E-state index contributed by atoms with van der Waals surface area (Å²) in [6, 6.07) is 4.23. The van der Waals surface area contributed by atoms with E-state index >= 15 is 0 Å². The molecule has 1 atom stereocenters. The lowest BCUT2D eigenvalue weighted by Crippen LogP contribution is -2.32. The van der Waals surface area contributed by atoms with E-state index in [0.717, 1.165) is 17.4 Å². The van der Waals surface area contributed by atoms with Crippen molar-refractivity contribution in [2.45, 2.75) is 26.8 Å². The zero-order valence-corrected chi connectivity index (χ0v) is 13.8. The smallest absolute Gasteiger partial charge is 0.261 e. The number of amides is 1. The van der Waals surface area contributed by atoms with Crippen LogP contribution in [0.15, 0.2) is 29.6 Å². The summed E-state index contributed by atoms with van der Waals surface area (Å²) in [6.07, 6.45) is 0. The molecule has 0 saturated carbocycles. The number of halogens is 2. The van der Waals surface area contributed by atoms with Gasteiger partial charge in [-0.2, -0.15) is 0 Å². The second-order valence-corrected chi connectivity index (χ2v) is 6.53. The molecule has 6 heteroatoms. The molecule has 0 aliphatic heterocycles. The second kappa shape index (κ2) is 7.00. The van der Waals surface area contributed by atoms with Gasteiger partial charge in [0.1, 0.15) is 11.6 Å². The summed E-state index contributed by atoms with van der Waals surface area (Å²) in [5.74, 6) is -1.95. The van der Waals surface area contributed by atoms with Crippen molar-refractivity contribution in [1.29, 1.82) is 0 Å². The number of hydrogen-bond acceptors (Lipinski definition) is 3. The third-order valence-corrected chi connectivity index (χ3v) is 4.41. The van der Waals surface area contributed by atoms with E-state index in [0.29, 0.717) is 10.4 Å². The summed E-state index contributed by atoms with van der Waals surface area (Å²) in [5, 5.41) is 4.37. The van der Waals surface area contributed by atoms with Crippen molar-refractivity contribution in [3.05, 3.63) is 57.3 Å². The number of benzene rings is 1. The first-order valence-corrected chi connectivity index (χ1v) is 8.03. The molecule has 1 unspecified atom stereocenters. The van der Waals surface area contributed by atoms with Gasteiger partial charge in [0.05, 0.1) is 10.9 Å². The minimum Gasteiger partial charge on any atom is -0.344 e. The Kier molecular flexibility index (Phi) is 5.26. The van der Waals surface area contributed by atoms with Crippen molar-refractivity contribution >= 4 is 23.0 Å². The van der Waals surface area contributed by atoms with E-state index in [1.807, 2.05) is 13.8 Å². The molecule has 0 spiro atoms. The van der Waals surface area contributed by atoms with Crippen LogP contribution in [0.25, 0.3) is 0 Å². The Labute approximate surface area is 137 Å². The Hall–Kier alpha value is -2.08. The van der Waals surface area contributed by atoms with Crippen LogP contribution in [0.4, 0.5) is 8.78 Å². The number of ketones is 1. The third-order valence-electron chi connectivity index (χ3n) is 3.48. The Morgan fingerprint density at radius 3 is 2.39 bits per heavy atom. The van der Waals surface area contributed by atoms with Gasteiger partial charge in [-0.05, 0) is 25.0 Å². The number of carbonyl (C=O) groups is 2. The van der Waals surface area contributed by atoms with Crippen LogP contribution in [-0.2, 0) is 0 Å². The van der Waals surface area contributed by atoms with Gasteiger partial charge in [0.25, 0.3) is 5.91 Å². The third kappa shape index (κ3) is 4.01. The van der Waals surface area contributed by atoms with Gasteiger partial charge in [-0.1, -0.05) is 19.9 Å². The molecule has 0 radical (unpaired) electrons. The molecule has 0 fully saturated rings. The molecule has 1 amide bonds. The first kappa shape index (κ1) is 17.3. The molecule has 2 aromatic rings. The molecule has 0 aliphatic rings. The molecule has 0 aliphatic carbocycles. The highest BCUT2D eigenvalue weighted by molar-refractivity contribution is 7.12. The second-order valence-electron chi connectivity index (χ2n) is 5.62. The zero-order valence-electron chi connectivity index (χ0n) is 13.0. The SMILES string of the molecule is CC(=O)c1csc(C(=O)NC(c2ccc(F)cc2F)C(C)C)c1. The molecule has 1 aromatic carbocycles. The predicted molar refractivity (Wildman–Crippen MR) is 85.7 cm³/mol. The molecule has 1 heterocycles. The lowest BCUT2D eigenvalue weighted by atomic mass is 9.95. The van der Waals surface area contributed by atoms with Crippen molar-refractivity contribution in [3.63, 3.8) is 0 Å². The van der Waals surface area contributed by atoms with Gasteiger partial charge in [-0.25, -0.2) is 8.78 Å². The topological polar surface area (TPSA) is 46.2 Å². The highest BCUT2D eigenvalue weighted by atomic mass is 32.1. The summed E-state index contributed by atoms with van der Waals surface area (Å²) >= 11 is 1.15. The van der Waals surface area contributed by atoms with Crippen molar-refractivity contribution in [2.75, 3.05) is 0 Å². The average molecular weight is 337 g/mol. The van der Waals surface area contributed by atoms with Crippen LogP contribution in [0.1, 0.15) is 52.4 Å². The Morgan fingerprint density at radius 1 is 1.17 bits per heavy atom. The summed E-state index contributed by atoms with van der Waals surface area (Å²) in [4.78, 5) is 24.0. The Balaban J connectivity index is 2.25. The molecule has 0 bridgehead atoms. The highest BCUT2D eigenvalue weighted by Crippen LogP contribution is 2.26. The number of Topliss-reactive ketones (excluding diaryl/α,β-unsaturated/α-hetero) is 1. The van der Waals surface area contributed by atoms with Crippen molar-refractivity contribution in [1.82, 2.24) is 5.32 Å². The molecule has 2 rings (SSSR count). The Morgan fingerprint density at radius 2 is 1.87 bits per heavy atom. The maximum Gasteiger partial charge on any atom is 0.261 e. The fourth-order valence-electron chi connectivity index (χ4n) is 2.21. The van der Waals surface area contributed by atoms with E-state index in [1.165, 1.54) is 25.1 Å². The monoisotopic (exact) mass is 337 g/mol. The number of thiophene rings is 1. The lowest BCUT2D eigenvalue weighted by molar-refractivity contribution is 0.0929. The fourth-order valence-corrected chi connectivity index (χ4v) is 3.06. The minimum atomic E-state index is -0.695. The van der Waals surface area contributed by atoms with Gasteiger partial charge in [0, 0.05) is 22.6 Å². The zero-order chi connectivity index (χ0) is 17.1. The van der Waals surface area contributed by atoms with Crippen LogP contribution < -0.4 is 5.32 Å². The maximum absolute atomic E-state index is 14.0. The van der Waals surface area contributed by atoms with E-state index in [2.05, 4.69) is 5.32 Å². The normalized spacial score (nSPS) is 12.3. The number of carbonyl (C=O) groups excluding carboxylic acids is 2. The van der Waals surface area contributed by atoms with Crippen LogP contribution in [0.5, 0.6) is 0 Å². The number of hydrogen-bond donors (Lipinski definition) is 1. The standard InChI is InChI=1S/C17H17F2NO2S/c1-9(2)16(13-5-4-12(18)7-14(13)19)20-17(22)15-6-11(8-23-15)10(3)21/h4-9,16H,1-3H3,(H,20,22). The highest BCUT2D eigenvalue weighted by Gasteiger charge is 2.23. The molecule has 23 heavy (non-hydrogen) atoms. The Bertz CT molecular complexity index is 740. The van der Waals surface area contributed by atoms with Gasteiger partial charge < -0.3 is 5.32 Å². The molecular weight excluding hydrogens is 320 g/mol. The molecule has 1 aromatic heterocycles. The maximum atomic E-state index is 14.0. The molecule has 122 valence electrons. The van der Waals surface area contributed by atoms with Gasteiger partial charge in [0.2, 0.25) is 0 Å². The van der Waals surface area contributed by atoms with Crippen LogP contribution in [0, 0.1) is 17.6 Å². The van der Waals surface area contributed by atoms with Crippen LogP contribution >= 0.6 is 11.3 Å². The van der Waals surface area contributed by atoms with Crippen LogP contribution in [0.3, 0.4) is 0 Å². The summed E-state index contributed by atoms with van der Waals surface area (Å²) in [6.45, 7) is 5.10. The van der Waals surface area contributed by atoms with E-state index < -0.39 is 17.7 Å². The van der Waals surface area contributed by atoms with Gasteiger partial charge in [-0.15, -0.1) is 11.3 Å². The first-order valence-electron chi connectivity index (χ1n) is 7.15. The largest absolute Gasteiger partial charge is 0.344 e. The molecule has 1 N–H and O–H groups in total. The van der Waals surface area contributed by atoms with E-state index in [1.54, 1.807) is 5.38 Å². The number of nitrogens with one attached hydrogen (secondary N) is 1. The van der Waals surface area contributed by atoms with Crippen LogP contribution in [-0.4, -0.2) is 11.7 Å². The molecular formula is C17H17F2NO2S. The first-order chi connectivity index (χ1) is 10.8. The van der Waals surface area contributed by atoms with Gasteiger partial charge in [0.15, 0.2) is 5.78 Å². The molecule has 0 saturated heterocycles. The summed E-state index contributed by atoms with van der Waals surface area (Å²) in [7, 11) is 0. The predicted octanol–water partition coefficient (Wildman–Crippen LogP) is 4.36. The quantitative estimate of drug-likeness (QED) is 0.824. The van der Waals surface area contributed by atoms with Crippen molar-refractivity contribution in [3.8, 4) is 0 Å². The van der Waals surface area contributed by atoms with E-state index in [9.17, 15) is 18.4 Å². The van der Waals surface area contributed by atoms with E-state index in [-0.39, 0.29) is 23.2 Å². The van der Waals surface area contributed by atoms with E-state index in [4.69, 9.17) is 0 Å². The minimum absolute atomic E-state index is 0.0915. The van der Waals surface area contributed by atoms with Gasteiger partial charge in [-0.3, -0.25) is 9.59 Å². The van der Waals surface area contributed by atoms with Gasteiger partial charge >= 0.3 is 0 Å². The van der Waals surface area contributed by atoms with Crippen molar-refractivity contribution in [2.24, 2.45) is 5.92 Å². The average Bonchev–Trinajstić information content (AvgIpc) is 2.95. The number of rotatable bonds is 5. The molecule has 3 nitrogen and oxygen atoms in total. The fraction of sp³-hybridized carbons (Fsp3) is 0.294. The summed E-state index contributed by atoms with van der Waals surface area (Å²) in [5.41, 5.74) is 0.701. The van der Waals surface area contributed by atoms with Crippen molar-refractivity contribution < 1.29 is 18.4 Å². The summed E-state index contributed by atoms with van der Waals surface area (Å²) < 4.78 is 27.1.